The van der Waals surface area contributed by atoms with Gasteiger partial charge in [0.2, 0.25) is 0 Å². The summed E-state index contributed by atoms with van der Waals surface area (Å²) in [4.78, 5) is 22.2. The van der Waals surface area contributed by atoms with Crippen LogP contribution in [0, 0.1) is 0 Å². The van der Waals surface area contributed by atoms with Crippen LogP contribution in [-0.2, 0) is 9.87 Å². The van der Waals surface area contributed by atoms with E-state index in [9.17, 15) is 18.0 Å². The lowest BCUT2D eigenvalue weighted by atomic mass is 10.3. The smallest absolute Gasteiger partial charge is 0.351 e. The summed E-state index contributed by atoms with van der Waals surface area (Å²) < 4.78 is 29.1. The van der Waals surface area contributed by atoms with E-state index in [2.05, 4.69) is 0 Å². The molecule has 0 aliphatic rings. The van der Waals surface area contributed by atoms with Gasteiger partial charge in [-0.15, -0.1) is 11.3 Å². The van der Waals surface area contributed by atoms with Gasteiger partial charge in [0, 0.05) is 13.1 Å². The maximum Gasteiger partial charge on any atom is 0.351 e. The van der Waals surface area contributed by atoms with Gasteiger partial charge in [-0.2, -0.15) is 0 Å². The Morgan fingerprint density at radius 2 is 2.11 bits per heavy atom. The molecule has 0 atom stereocenters. The van der Waals surface area contributed by atoms with Crippen LogP contribution in [0.4, 0.5) is 5.00 Å². The zero-order valence-electron chi connectivity index (χ0n) is 9.91. The first-order valence-electron chi connectivity index (χ1n) is 4.95. The minimum Gasteiger partial charge on any atom is -0.477 e. The number of carboxylic acid groups (broad SMARTS) is 1. The van der Waals surface area contributed by atoms with E-state index in [0.29, 0.717) is 9.70 Å². The molecule has 0 aromatic carbocycles. The number of carbonyl (C=O) groups is 1. The normalized spacial score (nSPS) is 11.6. The number of anilines is 1. The molecule has 100 valence electrons. The molecule has 0 amide bonds. The summed E-state index contributed by atoms with van der Waals surface area (Å²) in [6.07, 6.45) is 0. The van der Waals surface area contributed by atoms with Crippen LogP contribution in [0.3, 0.4) is 0 Å². The maximum absolute atomic E-state index is 11.4. The van der Waals surface area contributed by atoms with Crippen LogP contribution in [0.5, 0.6) is 0 Å². The Balaban J connectivity index is 2.65. The number of hydrogen-bond donors (Lipinski definition) is 1. The topological polar surface area (TPSA) is 105 Å². The third-order valence-corrected chi connectivity index (χ3v) is 4.90. The largest absolute Gasteiger partial charge is 0.477 e. The summed E-state index contributed by atoms with van der Waals surface area (Å²) in [5.41, 5.74) is -1.29. The van der Waals surface area contributed by atoms with Crippen LogP contribution >= 0.6 is 11.3 Å². The van der Waals surface area contributed by atoms with Crippen molar-refractivity contribution in [1.82, 2.24) is 0 Å². The molecule has 0 radical (unpaired) electrons. The molecule has 10 heteroatoms. The highest BCUT2D eigenvalue weighted by atomic mass is 32.2. The Labute approximate surface area is 112 Å². The third kappa shape index (κ3) is 2.49. The molecule has 0 aliphatic heterocycles. The predicted molar refractivity (Wildman–Crippen MR) is 73.2 cm³/mol. The molecule has 2 heterocycles. The number of hydrogen-bond acceptors (Lipinski definition) is 6. The Bertz CT molecular complexity index is 821. The van der Waals surface area contributed by atoms with Gasteiger partial charge in [-0.05, 0) is 6.07 Å². The molecule has 0 aliphatic carbocycles. The quantitative estimate of drug-likeness (QED) is 0.792. The zero-order chi connectivity index (χ0) is 14.4. The highest BCUT2D eigenvalue weighted by Gasteiger charge is 2.18. The number of aromatic carboxylic acids is 1. The highest BCUT2D eigenvalue weighted by Crippen LogP contribution is 2.32. The molecule has 0 saturated carbocycles. The summed E-state index contributed by atoms with van der Waals surface area (Å²) in [5.74, 6) is -1.39. The molecule has 2 aromatic rings. The highest BCUT2D eigenvalue weighted by molar-refractivity contribution is 8.13. The van der Waals surface area contributed by atoms with E-state index in [0.717, 1.165) is 22.8 Å². The average Bonchev–Trinajstić information content (AvgIpc) is 2.67. The molecule has 0 unspecified atom stereocenters. The summed E-state index contributed by atoms with van der Waals surface area (Å²) in [6.45, 7) is 0. The second kappa shape index (κ2) is 4.39. The van der Waals surface area contributed by atoms with Crippen molar-refractivity contribution in [2.24, 2.45) is 0 Å². The van der Waals surface area contributed by atoms with Gasteiger partial charge in [-0.3, -0.25) is 4.31 Å². The van der Waals surface area contributed by atoms with E-state index < -0.39 is 27.0 Å². The minimum absolute atomic E-state index is 0.158. The number of fused-ring (bicyclic) bond motifs is 1. The van der Waals surface area contributed by atoms with Crippen molar-refractivity contribution in [2.75, 3.05) is 11.4 Å². The number of nitrogens with zero attached hydrogens (tertiary/aromatic N) is 1. The first-order valence-corrected chi connectivity index (χ1v) is 7.61. The second-order valence-electron chi connectivity index (χ2n) is 3.80. The van der Waals surface area contributed by atoms with Crippen LogP contribution < -0.4 is 9.93 Å². The predicted octanol–water partition coefficient (Wildman–Crippen LogP) is -0.133. The van der Waals surface area contributed by atoms with Crippen molar-refractivity contribution < 1.29 is 22.7 Å². The Morgan fingerprint density at radius 1 is 1.47 bits per heavy atom. The maximum atomic E-state index is 11.4. The SMILES string of the molecule is BS(=O)(=O)N(C)c1cc2oc(=O)c(C(=O)O)cc2s1. The van der Waals surface area contributed by atoms with E-state index in [4.69, 9.17) is 9.52 Å². The van der Waals surface area contributed by atoms with Gasteiger partial charge < -0.3 is 9.52 Å². The van der Waals surface area contributed by atoms with E-state index in [-0.39, 0.29) is 5.58 Å². The summed E-state index contributed by atoms with van der Waals surface area (Å²) in [7, 11) is -1.04. The lowest BCUT2D eigenvalue weighted by Crippen LogP contribution is -2.24. The molecule has 7 nitrogen and oxygen atoms in total. The Kier molecular flexibility index (Phi) is 3.15. The summed E-state index contributed by atoms with van der Waals surface area (Å²) in [5, 5.41) is 9.14. The number of rotatable bonds is 3. The standard InChI is InChI=1S/C9H8BNO6S2/c1-11(19(10,15)16)7-3-5-6(18-7)2-4(8(12)13)9(14)17-5/h2-3H,10H2,1H3,(H,12,13). The first kappa shape index (κ1) is 13.6. The van der Waals surface area contributed by atoms with Gasteiger partial charge in [-0.1, -0.05) is 0 Å². The fourth-order valence-electron chi connectivity index (χ4n) is 1.37. The minimum atomic E-state index is -3.43. The summed E-state index contributed by atoms with van der Waals surface area (Å²) >= 11 is 1.02. The van der Waals surface area contributed by atoms with Gasteiger partial charge in [0.15, 0.2) is 15.5 Å². The van der Waals surface area contributed by atoms with Gasteiger partial charge >= 0.3 is 11.6 Å². The van der Waals surface area contributed by atoms with E-state index >= 15 is 0 Å². The summed E-state index contributed by atoms with van der Waals surface area (Å²) in [6, 6.07) is 2.56. The van der Waals surface area contributed by atoms with Crippen molar-refractivity contribution in [2.45, 2.75) is 0 Å². The second-order valence-corrected chi connectivity index (χ2v) is 6.87. The number of carboxylic acids is 1. The molecule has 19 heavy (non-hydrogen) atoms. The van der Waals surface area contributed by atoms with Gasteiger partial charge in [0.25, 0.3) is 7.12 Å². The molecular formula is C9H8BNO6S2. The third-order valence-electron chi connectivity index (χ3n) is 2.45. The van der Waals surface area contributed by atoms with Crippen molar-refractivity contribution >= 4 is 49.6 Å². The monoisotopic (exact) mass is 301 g/mol. The Morgan fingerprint density at radius 3 is 2.63 bits per heavy atom. The molecule has 0 saturated heterocycles. The lowest BCUT2D eigenvalue weighted by molar-refractivity contribution is 0.0692. The van der Waals surface area contributed by atoms with Crippen LogP contribution in [0.15, 0.2) is 21.3 Å². The molecule has 0 bridgehead atoms. The van der Waals surface area contributed by atoms with Gasteiger partial charge in [0.05, 0.1) is 4.70 Å². The van der Waals surface area contributed by atoms with Gasteiger partial charge in [-0.25, -0.2) is 18.0 Å². The molecular weight excluding hydrogens is 293 g/mol. The molecule has 2 rings (SSSR count). The molecule has 0 fully saturated rings. The first-order chi connectivity index (χ1) is 8.70. The molecule has 1 N–H and O–H groups in total. The van der Waals surface area contributed by atoms with E-state index in [1.165, 1.54) is 19.2 Å². The van der Waals surface area contributed by atoms with Crippen LogP contribution in [-0.4, -0.2) is 33.7 Å². The van der Waals surface area contributed by atoms with Crippen molar-refractivity contribution in [1.29, 1.82) is 0 Å². The molecule has 0 spiro atoms. The van der Waals surface area contributed by atoms with Crippen molar-refractivity contribution in [3.05, 3.63) is 28.1 Å². The van der Waals surface area contributed by atoms with Crippen LogP contribution in [0.2, 0.25) is 0 Å². The lowest BCUT2D eigenvalue weighted by Gasteiger charge is -2.13. The van der Waals surface area contributed by atoms with E-state index in [1.807, 2.05) is 0 Å². The van der Waals surface area contributed by atoms with E-state index in [1.54, 1.807) is 0 Å². The Hall–Kier alpha value is -1.81. The van der Waals surface area contributed by atoms with Gasteiger partial charge in [0.1, 0.15) is 10.6 Å². The van der Waals surface area contributed by atoms with Crippen LogP contribution in [0.1, 0.15) is 10.4 Å². The van der Waals surface area contributed by atoms with Crippen LogP contribution in [0.25, 0.3) is 10.3 Å². The fraction of sp³-hybridized carbons (Fsp3) is 0.111. The number of thiophene rings is 1. The average molecular weight is 301 g/mol. The fourth-order valence-corrected chi connectivity index (χ4v) is 3.16. The molecule has 2 aromatic heterocycles. The zero-order valence-corrected chi connectivity index (χ0v) is 11.5. The van der Waals surface area contributed by atoms with Crippen molar-refractivity contribution in [3.63, 3.8) is 0 Å². The van der Waals surface area contributed by atoms with Crippen molar-refractivity contribution in [3.8, 4) is 0 Å².